The van der Waals surface area contributed by atoms with Gasteiger partial charge in [0.05, 0.1) is 7.11 Å². The van der Waals surface area contributed by atoms with Crippen molar-refractivity contribution in [2.45, 2.75) is 104 Å². The monoisotopic (exact) mass is 544 g/mol. The van der Waals surface area contributed by atoms with Crippen molar-refractivity contribution in [1.82, 2.24) is 0 Å². The fourth-order valence-electron chi connectivity index (χ4n) is 9.34. The molecule has 6 nitrogen and oxygen atoms in total. The fraction of sp³-hybridized carbons (Fsp3) is 0.710. The van der Waals surface area contributed by atoms with Crippen LogP contribution < -0.4 is 0 Å². The fourth-order valence-corrected chi connectivity index (χ4v) is 10.4. The lowest BCUT2D eigenvalue weighted by molar-refractivity contribution is -0.165. The van der Waals surface area contributed by atoms with E-state index in [2.05, 4.69) is 34.6 Å². The molecule has 0 saturated heterocycles. The molecule has 1 unspecified atom stereocenters. The number of Topliss-reactive ketones (excluding diaryl/α,β-unsaturated/α-hetero) is 1. The van der Waals surface area contributed by atoms with E-state index < -0.39 is 20.8 Å². The Morgan fingerprint density at radius 1 is 1.00 bits per heavy atom. The molecule has 5 rings (SSSR count). The zero-order valence-electron chi connectivity index (χ0n) is 24.2. The van der Waals surface area contributed by atoms with E-state index in [-0.39, 0.29) is 38.9 Å². The Hall–Kier alpha value is -1.86. The highest BCUT2D eigenvalue weighted by Crippen LogP contribution is 2.75. The Morgan fingerprint density at radius 3 is 2.24 bits per heavy atom. The van der Waals surface area contributed by atoms with Gasteiger partial charge in [-0.15, -0.1) is 0 Å². The lowest BCUT2D eigenvalue weighted by Gasteiger charge is -2.70. The topological polar surface area (TPSA) is 101 Å². The maximum atomic E-state index is 13.4. The van der Waals surface area contributed by atoms with Gasteiger partial charge >= 0.3 is 0 Å². The minimum absolute atomic E-state index is 0.130. The van der Waals surface area contributed by atoms with Crippen molar-refractivity contribution in [3.63, 3.8) is 0 Å². The Kier molecular flexibility index (Phi) is 5.90. The highest BCUT2D eigenvalue weighted by molar-refractivity contribution is 7.87. The summed E-state index contributed by atoms with van der Waals surface area (Å²) < 4.78 is 31.8. The zero-order chi connectivity index (χ0) is 28.3. The molecule has 7 heteroatoms. The van der Waals surface area contributed by atoms with E-state index >= 15 is 0 Å². The van der Waals surface area contributed by atoms with Gasteiger partial charge in [0.1, 0.15) is 11.0 Å². The normalized spacial score (nSPS) is 42.3. The van der Waals surface area contributed by atoms with Gasteiger partial charge in [0.15, 0.2) is 11.5 Å². The van der Waals surface area contributed by atoms with Crippen molar-refractivity contribution >= 4 is 15.9 Å². The van der Waals surface area contributed by atoms with Gasteiger partial charge in [-0.05, 0) is 104 Å². The van der Waals surface area contributed by atoms with Gasteiger partial charge in [-0.3, -0.25) is 8.98 Å². The van der Waals surface area contributed by atoms with E-state index in [1.165, 1.54) is 7.11 Å². The SMILES string of the molecule is COS(=O)(=O)C1C=C2[C@@](C)(CC[C@@]3(C)[C@@H]4C[C@](C)(C(C)=O)CC[C@]4(C)CC[C@]23C)c2cc(O)c(O)c(C)c21. The average Bonchev–Trinajstić information content (AvgIpc) is 2.85. The van der Waals surface area contributed by atoms with Crippen LogP contribution in [0.2, 0.25) is 0 Å². The van der Waals surface area contributed by atoms with Gasteiger partial charge in [-0.1, -0.05) is 46.3 Å². The molecule has 0 heterocycles. The van der Waals surface area contributed by atoms with Crippen LogP contribution in [0.25, 0.3) is 0 Å². The van der Waals surface area contributed by atoms with Crippen molar-refractivity contribution in [1.29, 1.82) is 0 Å². The van der Waals surface area contributed by atoms with Crippen LogP contribution in [0.4, 0.5) is 0 Å². The molecule has 38 heavy (non-hydrogen) atoms. The van der Waals surface area contributed by atoms with E-state index in [4.69, 9.17) is 4.18 Å². The summed E-state index contributed by atoms with van der Waals surface area (Å²) in [6.07, 6.45) is 8.43. The first kappa shape index (κ1) is 27.7. The maximum Gasteiger partial charge on any atom is 0.277 e. The van der Waals surface area contributed by atoms with Crippen LogP contribution in [-0.2, 0) is 24.5 Å². The Labute approximate surface area is 228 Å². The highest BCUT2D eigenvalue weighted by atomic mass is 32.2. The van der Waals surface area contributed by atoms with E-state index in [1.807, 2.05) is 6.08 Å². The first-order valence-corrected chi connectivity index (χ1v) is 15.5. The van der Waals surface area contributed by atoms with Crippen molar-refractivity contribution in [3.8, 4) is 11.5 Å². The maximum absolute atomic E-state index is 13.4. The van der Waals surface area contributed by atoms with Crippen LogP contribution in [-0.4, -0.2) is 31.5 Å². The van der Waals surface area contributed by atoms with Gasteiger partial charge in [0.25, 0.3) is 10.1 Å². The molecule has 0 amide bonds. The number of benzene rings is 1. The number of fused-ring (bicyclic) bond motifs is 7. The summed E-state index contributed by atoms with van der Waals surface area (Å²) in [7, 11) is -2.85. The molecule has 0 aromatic heterocycles. The number of ketones is 1. The summed E-state index contributed by atoms with van der Waals surface area (Å²) in [5.41, 5.74) is 1.64. The van der Waals surface area contributed by atoms with Crippen molar-refractivity contribution in [2.24, 2.45) is 27.6 Å². The summed E-state index contributed by atoms with van der Waals surface area (Å²) in [4.78, 5) is 12.8. The molecule has 0 aliphatic heterocycles. The number of allylic oxidation sites excluding steroid dienone is 1. The molecule has 0 bridgehead atoms. The van der Waals surface area contributed by atoms with Crippen LogP contribution in [0, 0.1) is 34.5 Å². The Bertz CT molecular complexity index is 1360. The van der Waals surface area contributed by atoms with E-state index in [0.29, 0.717) is 17.0 Å². The molecule has 4 aliphatic carbocycles. The highest BCUT2D eigenvalue weighted by Gasteiger charge is 2.67. The summed E-state index contributed by atoms with van der Waals surface area (Å²) in [5.74, 6) is 0.0811. The van der Waals surface area contributed by atoms with E-state index in [9.17, 15) is 23.4 Å². The van der Waals surface area contributed by atoms with Crippen LogP contribution in [0.15, 0.2) is 17.7 Å². The molecule has 2 N–H and O–H groups in total. The van der Waals surface area contributed by atoms with Gasteiger partial charge in [0, 0.05) is 10.8 Å². The third-order valence-electron chi connectivity index (χ3n) is 12.5. The molecule has 4 aliphatic rings. The molecule has 3 saturated carbocycles. The second-order valence-electron chi connectivity index (χ2n) is 14.1. The Morgan fingerprint density at radius 2 is 1.63 bits per heavy atom. The number of carbonyl (C=O) groups excluding carboxylic acids is 1. The van der Waals surface area contributed by atoms with Gasteiger partial charge < -0.3 is 10.2 Å². The summed E-state index contributed by atoms with van der Waals surface area (Å²) in [5, 5.41) is 20.2. The molecular weight excluding hydrogens is 500 g/mol. The number of phenolic OH excluding ortho intramolecular Hbond substituents is 2. The van der Waals surface area contributed by atoms with Gasteiger partial charge in [-0.2, -0.15) is 8.42 Å². The van der Waals surface area contributed by atoms with Gasteiger partial charge in [-0.25, -0.2) is 0 Å². The van der Waals surface area contributed by atoms with Gasteiger partial charge in [0.2, 0.25) is 0 Å². The standard InChI is InChI=1S/C31H44O6S/c1-18-25-20(15-21(33)26(18)34)29(5)12-14-31(7)24-17-28(4,19(2)32)10-9-27(24,3)11-13-30(31,6)23(29)16-22(25)38(35,36)37-8/h15-16,22,24,33-34H,9-14,17H2,1-8H3/t22?,24-,27-,28-,29+,30-,31+/m1/s1. The molecule has 7 atom stereocenters. The number of rotatable bonds is 3. The molecule has 0 spiro atoms. The number of hydrogen-bond donors (Lipinski definition) is 2. The predicted molar refractivity (Wildman–Crippen MR) is 148 cm³/mol. The van der Waals surface area contributed by atoms with E-state index in [1.54, 1.807) is 19.9 Å². The lowest BCUT2D eigenvalue weighted by atomic mass is 9.34. The van der Waals surface area contributed by atoms with Crippen molar-refractivity contribution < 1.29 is 27.6 Å². The second-order valence-corrected chi connectivity index (χ2v) is 15.9. The third kappa shape index (κ3) is 3.33. The smallest absolute Gasteiger partial charge is 0.277 e. The molecule has 210 valence electrons. The predicted octanol–water partition coefficient (Wildman–Crippen LogP) is 6.62. The first-order chi connectivity index (χ1) is 17.4. The van der Waals surface area contributed by atoms with E-state index in [0.717, 1.165) is 56.1 Å². The number of aromatic hydroxyl groups is 2. The second kappa shape index (κ2) is 8.09. The molecule has 1 aromatic rings. The van der Waals surface area contributed by atoms with Crippen LogP contribution in [0.5, 0.6) is 11.5 Å². The van der Waals surface area contributed by atoms with Crippen LogP contribution >= 0.6 is 0 Å². The minimum Gasteiger partial charge on any atom is -0.504 e. The van der Waals surface area contributed by atoms with Crippen LogP contribution in [0.1, 0.15) is 108 Å². The third-order valence-corrected chi connectivity index (χ3v) is 13.9. The summed E-state index contributed by atoms with van der Waals surface area (Å²) in [6, 6.07) is 1.58. The molecule has 3 fully saturated rings. The first-order valence-electron chi connectivity index (χ1n) is 14.0. The summed E-state index contributed by atoms with van der Waals surface area (Å²) in [6.45, 7) is 14.8. The molecular formula is C31H44O6S. The quantitative estimate of drug-likeness (QED) is 0.252. The van der Waals surface area contributed by atoms with Crippen molar-refractivity contribution in [3.05, 3.63) is 34.4 Å². The zero-order valence-corrected chi connectivity index (χ0v) is 25.0. The summed E-state index contributed by atoms with van der Waals surface area (Å²) >= 11 is 0. The number of hydrogen-bond acceptors (Lipinski definition) is 6. The number of phenols is 2. The molecule has 1 aromatic carbocycles. The largest absolute Gasteiger partial charge is 0.504 e. The minimum atomic E-state index is -4.03. The average molecular weight is 545 g/mol. The Balaban J connectivity index is 1.75. The van der Waals surface area contributed by atoms with Crippen LogP contribution in [0.3, 0.4) is 0 Å². The number of carbonyl (C=O) groups is 1. The lowest BCUT2D eigenvalue weighted by Crippen LogP contribution is -2.62. The molecule has 0 radical (unpaired) electrons. The van der Waals surface area contributed by atoms with Crippen molar-refractivity contribution in [2.75, 3.05) is 7.11 Å².